The molecule has 0 spiro atoms. The molecule has 2 N–H and O–H groups in total. The minimum absolute atomic E-state index is 0.184. The molecular formula is C23H31N3O3S. The van der Waals surface area contributed by atoms with Crippen molar-refractivity contribution in [2.75, 3.05) is 26.2 Å². The third-order valence-corrected chi connectivity index (χ3v) is 7.28. The summed E-state index contributed by atoms with van der Waals surface area (Å²) in [6.45, 7) is 5.48. The van der Waals surface area contributed by atoms with Crippen molar-refractivity contribution in [2.24, 2.45) is 0 Å². The lowest BCUT2D eigenvalue weighted by Crippen LogP contribution is -2.28. The van der Waals surface area contributed by atoms with Crippen LogP contribution in [0.15, 0.2) is 53.4 Å². The highest BCUT2D eigenvalue weighted by Gasteiger charge is 2.27. The fourth-order valence-electron chi connectivity index (χ4n) is 3.57. The van der Waals surface area contributed by atoms with E-state index >= 15 is 0 Å². The van der Waals surface area contributed by atoms with Gasteiger partial charge < -0.3 is 10.6 Å². The van der Waals surface area contributed by atoms with Crippen LogP contribution < -0.4 is 10.6 Å². The van der Waals surface area contributed by atoms with E-state index in [0.717, 1.165) is 38.8 Å². The number of hydrogen-bond acceptors (Lipinski definition) is 4. The van der Waals surface area contributed by atoms with E-state index in [2.05, 4.69) is 41.8 Å². The standard InChI is InChI=1S/C23H31N3O3S/c1-2-19-7-5-8-20(17-19)18-24-13-6-14-25-23(27)21-9-11-22(12-10-21)30(28,29)26-15-3-4-16-26/h5,7-12,17,24H,2-4,6,13-16,18H2,1H3,(H,25,27). The van der Waals surface area contributed by atoms with E-state index in [-0.39, 0.29) is 10.8 Å². The first kappa shape index (κ1) is 22.5. The van der Waals surface area contributed by atoms with Gasteiger partial charge in [0.15, 0.2) is 0 Å². The Morgan fingerprint density at radius 2 is 1.70 bits per heavy atom. The van der Waals surface area contributed by atoms with Gasteiger partial charge in [-0.25, -0.2) is 8.42 Å². The molecule has 0 aromatic heterocycles. The number of hydrogen-bond donors (Lipinski definition) is 2. The van der Waals surface area contributed by atoms with Crippen molar-refractivity contribution in [2.45, 2.75) is 44.0 Å². The predicted octanol–water partition coefficient (Wildman–Crippen LogP) is 2.94. The number of nitrogens with one attached hydrogen (secondary N) is 2. The van der Waals surface area contributed by atoms with Crippen molar-refractivity contribution in [1.82, 2.24) is 14.9 Å². The maximum atomic E-state index is 12.5. The molecule has 1 heterocycles. The molecule has 6 nitrogen and oxygen atoms in total. The molecular weight excluding hydrogens is 398 g/mol. The molecule has 7 heteroatoms. The highest BCUT2D eigenvalue weighted by molar-refractivity contribution is 7.89. The normalized spacial score (nSPS) is 14.7. The molecule has 1 aliphatic rings. The van der Waals surface area contributed by atoms with Crippen molar-refractivity contribution in [3.8, 4) is 0 Å². The van der Waals surface area contributed by atoms with Crippen LogP contribution in [-0.2, 0) is 23.0 Å². The minimum atomic E-state index is -3.44. The highest BCUT2D eigenvalue weighted by atomic mass is 32.2. The Hall–Kier alpha value is -2.22. The molecule has 162 valence electrons. The number of rotatable bonds is 10. The summed E-state index contributed by atoms with van der Waals surface area (Å²) in [6, 6.07) is 14.7. The topological polar surface area (TPSA) is 78.5 Å². The van der Waals surface area contributed by atoms with Gasteiger partial charge in [-0.15, -0.1) is 0 Å². The van der Waals surface area contributed by atoms with E-state index in [1.807, 2.05) is 0 Å². The van der Waals surface area contributed by atoms with Crippen LogP contribution in [0.3, 0.4) is 0 Å². The first-order valence-corrected chi connectivity index (χ1v) is 12.1. The van der Waals surface area contributed by atoms with Gasteiger partial charge in [0.25, 0.3) is 5.91 Å². The van der Waals surface area contributed by atoms with E-state index in [4.69, 9.17) is 0 Å². The number of amides is 1. The summed E-state index contributed by atoms with van der Waals surface area (Å²) in [5.74, 6) is -0.184. The molecule has 1 saturated heterocycles. The molecule has 0 unspecified atom stereocenters. The van der Waals surface area contributed by atoms with Crippen molar-refractivity contribution >= 4 is 15.9 Å². The van der Waals surface area contributed by atoms with Gasteiger partial charge in [0, 0.05) is 31.7 Å². The van der Waals surface area contributed by atoms with Crippen molar-refractivity contribution in [3.05, 3.63) is 65.2 Å². The largest absolute Gasteiger partial charge is 0.352 e. The van der Waals surface area contributed by atoms with Gasteiger partial charge >= 0.3 is 0 Å². The van der Waals surface area contributed by atoms with Crippen LogP contribution >= 0.6 is 0 Å². The van der Waals surface area contributed by atoms with Gasteiger partial charge in [-0.2, -0.15) is 4.31 Å². The molecule has 2 aromatic carbocycles. The Bertz CT molecular complexity index is 936. The number of benzene rings is 2. The minimum Gasteiger partial charge on any atom is -0.352 e. The average Bonchev–Trinajstić information content (AvgIpc) is 3.32. The Morgan fingerprint density at radius 3 is 2.40 bits per heavy atom. The van der Waals surface area contributed by atoms with Crippen LogP contribution in [0.4, 0.5) is 0 Å². The second-order valence-electron chi connectivity index (χ2n) is 7.60. The number of aryl methyl sites for hydroxylation is 1. The van der Waals surface area contributed by atoms with Crippen molar-refractivity contribution in [3.63, 3.8) is 0 Å². The van der Waals surface area contributed by atoms with Crippen molar-refractivity contribution < 1.29 is 13.2 Å². The van der Waals surface area contributed by atoms with Crippen LogP contribution in [0.1, 0.15) is 47.7 Å². The maximum absolute atomic E-state index is 12.5. The molecule has 2 aromatic rings. The number of nitrogens with zero attached hydrogens (tertiary/aromatic N) is 1. The van der Waals surface area contributed by atoms with E-state index in [0.29, 0.717) is 25.2 Å². The van der Waals surface area contributed by atoms with E-state index in [1.54, 1.807) is 12.1 Å². The van der Waals surface area contributed by atoms with Gasteiger partial charge in [0.2, 0.25) is 10.0 Å². The second kappa shape index (κ2) is 10.7. The number of sulfonamides is 1. The Labute approximate surface area is 179 Å². The second-order valence-corrected chi connectivity index (χ2v) is 9.53. The summed E-state index contributed by atoms with van der Waals surface area (Å²) in [5, 5.41) is 6.29. The number of carbonyl (C=O) groups is 1. The summed E-state index contributed by atoms with van der Waals surface area (Å²) in [6.07, 6.45) is 3.66. The maximum Gasteiger partial charge on any atom is 0.251 e. The summed E-state index contributed by atoms with van der Waals surface area (Å²) >= 11 is 0. The van der Waals surface area contributed by atoms with Gasteiger partial charge in [-0.3, -0.25) is 4.79 Å². The zero-order chi connectivity index (χ0) is 21.4. The summed E-state index contributed by atoms with van der Waals surface area (Å²) in [7, 11) is -3.44. The fourth-order valence-corrected chi connectivity index (χ4v) is 5.08. The lowest BCUT2D eigenvalue weighted by Gasteiger charge is -2.15. The third kappa shape index (κ3) is 5.90. The summed E-state index contributed by atoms with van der Waals surface area (Å²) in [5.41, 5.74) is 3.07. The average molecular weight is 430 g/mol. The monoisotopic (exact) mass is 429 g/mol. The molecule has 0 saturated carbocycles. The molecule has 0 radical (unpaired) electrons. The number of carbonyl (C=O) groups excluding carboxylic acids is 1. The van der Waals surface area contributed by atoms with Crippen LogP contribution in [-0.4, -0.2) is 44.8 Å². The Kier molecular flexibility index (Phi) is 8.01. The highest BCUT2D eigenvalue weighted by Crippen LogP contribution is 2.21. The smallest absolute Gasteiger partial charge is 0.251 e. The first-order chi connectivity index (χ1) is 14.5. The fraction of sp³-hybridized carbons (Fsp3) is 0.435. The molecule has 1 fully saturated rings. The molecule has 0 bridgehead atoms. The molecule has 1 amide bonds. The van der Waals surface area contributed by atoms with E-state index < -0.39 is 10.0 Å². The predicted molar refractivity (Wildman–Crippen MR) is 119 cm³/mol. The van der Waals surface area contributed by atoms with Crippen LogP contribution in [0.5, 0.6) is 0 Å². The van der Waals surface area contributed by atoms with Crippen LogP contribution in [0, 0.1) is 0 Å². The van der Waals surface area contributed by atoms with E-state index in [1.165, 1.54) is 27.6 Å². The molecule has 3 rings (SSSR count). The van der Waals surface area contributed by atoms with Crippen LogP contribution in [0.2, 0.25) is 0 Å². The third-order valence-electron chi connectivity index (χ3n) is 5.36. The zero-order valence-corrected chi connectivity index (χ0v) is 18.4. The van der Waals surface area contributed by atoms with Crippen molar-refractivity contribution in [1.29, 1.82) is 0 Å². The Balaban J connectivity index is 1.39. The molecule has 1 aliphatic heterocycles. The van der Waals surface area contributed by atoms with Gasteiger partial charge in [0.05, 0.1) is 4.90 Å². The summed E-state index contributed by atoms with van der Waals surface area (Å²) < 4.78 is 26.6. The quantitative estimate of drug-likeness (QED) is 0.569. The first-order valence-electron chi connectivity index (χ1n) is 10.7. The SMILES string of the molecule is CCc1cccc(CNCCCNC(=O)c2ccc(S(=O)(=O)N3CCCC3)cc2)c1. The molecule has 30 heavy (non-hydrogen) atoms. The molecule has 0 atom stereocenters. The van der Waals surface area contributed by atoms with Gasteiger partial charge in [-0.1, -0.05) is 31.2 Å². The molecule has 0 aliphatic carbocycles. The lowest BCUT2D eigenvalue weighted by molar-refractivity contribution is 0.0953. The lowest BCUT2D eigenvalue weighted by atomic mass is 10.1. The van der Waals surface area contributed by atoms with Gasteiger partial charge in [-0.05, 0) is 67.6 Å². The summed E-state index contributed by atoms with van der Waals surface area (Å²) in [4.78, 5) is 12.5. The Morgan fingerprint density at radius 1 is 1.00 bits per heavy atom. The van der Waals surface area contributed by atoms with Gasteiger partial charge in [0.1, 0.15) is 0 Å². The van der Waals surface area contributed by atoms with E-state index in [9.17, 15) is 13.2 Å². The zero-order valence-electron chi connectivity index (χ0n) is 17.6. The van der Waals surface area contributed by atoms with Crippen LogP contribution in [0.25, 0.3) is 0 Å².